The molecule has 0 spiro atoms. The van der Waals surface area contributed by atoms with Gasteiger partial charge in [0.25, 0.3) is 0 Å². The highest BCUT2D eigenvalue weighted by Crippen LogP contribution is 2.35. The highest BCUT2D eigenvalue weighted by molar-refractivity contribution is 5.76. The van der Waals surface area contributed by atoms with Gasteiger partial charge in [-0.3, -0.25) is 9.69 Å². The van der Waals surface area contributed by atoms with Crippen molar-refractivity contribution >= 4 is 5.91 Å². The van der Waals surface area contributed by atoms with Crippen LogP contribution in [0.3, 0.4) is 0 Å². The highest BCUT2D eigenvalue weighted by atomic mass is 16.1. The van der Waals surface area contributed by atoms with Crippen LogP contribution in [0, 0.1) is 11.8 Å². The third-order valence-electron chi connectivity index (χ3n) is 4.43. The molecule has 0 bridgehead atoms. The molecular formula is C13H27N3O. The third-order valence-corrected chi connectivity index (χ3v) is 4.43. The van der Waals surface area contributed by atoms with Crippen molar-refractivity contribution in [3.8, 4) is 0 Å². The molecule has 17 heavy (non-hydrogen) atoms. The van der Waals surface area contributed by atoms with Crippen LogP contribution < -0.4 is 11.5 Å². The molecule has 1 saturated carbocycles. The lowest BCUT2D eigenvalue weighted by Gasteiger charge is -2.46. The van der Waals surface area contributed by atoms with Crippen LogP contribution >= 0.6 is 0 Å². The van der Waals surface area contributed by atoms with Gasteiger partial charge in [-0.1, -0.05) is 13.8 Å². The second-order valence-electron chi connectivity index (χ2n) is 5.79. The number of nitrogens with zero attached hydrogens (tertiary/aromatic N) is 1. The van der Waals surface area contributed by atoms with Crippen molar-refractivity contribution in [3.05, 3.63) is 0 Å². The molecule has 1 unspecified atom stereocenters. The Kier molecular flexibility index (Phi) is 4.95. The Morgan fingerprint density at radius 2 is 2.00 bits per heavy atom. The van der Waals surface area contributed by atoms with E-state index in [9.17, 15) is 4.79 Å². The van der Waals surface area contributed by atoms with Crippen LogP contribution in [0.25, 0.3) is 0 Å². The van der Waals surface area contributed by atoms with Gasteiger partial charge in [0.05, 0.1) is 0 Å². The number of primary amides is 1. The molecule has 0 aromatic heterocycles. The Labute approximate surface area is 105 Å². The fourth-order valence-corrected chi connectivity index (χ4v) is 2.74. The van der Waals surface area contributed by atoms with Crippen LogP contribution in [-0.2, 0) is 4.79 Å². The second-order valence-corrected chi connectivity index (χ2v) is 5.79. The maximum atomic E-state index is 11.1. The molecule has 0 aromatic carbocycles. The largest absolute Gasteiger partial charge is 0.369 e. The van der Waals surface area contributed by atoms with Crippen molar-refractivity contribution in [2.45, 2.75) is 45.1 Å². The molecule has 100 valence electrons. The molecule has 4 N–H and O–H groups in total. The first kappa shape index (κ1) is 14.5. The Morgan fingerprint density at radius 3 is 2.41 bits per heavy atom. The van der Waals surface area contributed by atoms with E-state index in [2.05, 4.69) is 18.9 Å². The van der Waals surface area contributed by atoms with Crippen molar-refractivity contribution in [3.63, 3.8) is 0 Å². The molecule has 1 fully saturated rings. The van der Waals surface area contributed by atoms with Gasteiger partial charge in [0.1, 0.15) is 0 Å². The van der Waals surface area contributed by atoms with Gasteiger partial charge in [-0.2, -0.15) is 0 Å². The van der Waals surface area contributed by atoms with Crippen LogP contribution in [0.1, 0.15) is 39.5 Å². The zero-order valence-electron chi connectivity index (χ0n) is 11.4. The molecule has 0 radical (unpaired) electrons. The van der Waals surface area contributed by atoms with Gasteiger partial charge in [0, 0.05) is 24.5 Å². The SMILES string of the molecule is CC1CCC(CN)(N(C)CC(C)C(N)=O)CC1. The Hall–Kier alpha value is -0.610. The molecule has 0 aromatic rings. The number of nitrogens with two attached hydrogens (primary N) is 2. The van der Waals surface area contributed by atoms with E-state index in [-0.39, 0.29) is 17.4 Å². The highest BCUT2D eigenvalue weighted by Gasteiger charge is 2.37. The average molecular weight is 241 g/mol. The third kappa shape index (κ3) is 3.42. The van der Waals surface area contributed by atoms with Gasteiger partial charge in [-0.25, -0.2) is 0 Å². The smallest absolute Gasteiger partial charge is 0.221 e. The fourth-order valence-electron chi connectivity index (χ4n) is 2.74. The van der Waals surface area contributed by atoms with Gasteiger partial charge in [-0.05, 0) is 38.6 Å². The summed E-state index contributed by atoms with van der Waals surface area (Å²) in [6, 6.07) is 0. The fraction of sp³-hybridized carbons (Fsp3) is 0.923. The molecular weight excluding hydrogens is 214 g/mol. The van der Waals surface area contributed by atoms with Crippen molar-refractivity contribution in [2.24, 2.45) is 23.3 Å². The summed E-state index contributed by atoms with van der Waals surface area (Å²) in [7, 11) is 2.07. The Morgan fingerprint density at radius 1 is 1.47 bits per heavy atom. The van der Waals surface area contributed by atoms with Crippen LogP contribution in [-0.4, -0.2) is 36.5 Å². The van der Waals surface area contributed by atoms with Crippen LogP contribution in [0.15, 0.2) is 0 Å². The summed E-state index contributed by atoms with van der Waals surface area (Å²) in [6.07, 6.45) is 4.72. The number of likely N-dealkylation sites (N-methyl/N-ethyl adjacent to an activating group) is 1. The Balaban J connectivity index is 2.63. The summed E-state index contributed by atoms with van der Waals surface area (Å²) in [5.74, 6) is 0.465. The van der Waals surface area contributed by atoms with Crippen molar-refractivity contribution in [1.82, 2.24) is 4.90 Å². The molecule has 0 aliphatic heterocycles. The van der Waals surface area contributed by atoms with E-state index in [4.69, 9.17) is 11.5 Å². The van der Waals surface area contributed by atoms with Crippen molar-refractivity contribution in [2.75, 3.05) is 20.1 Å². The molecule has 1 amide bonds. The monoisotopic (exact) mass is 241 g/mol. The van der Waals surface area contributed by atoms with E-state index in [0.29, 0.717) is 13.1 Å². The quantitative estimate of drug-likeness (QED) is 0.752. The molecule has 4 heteroatoms. The van der Waals surface area contributed by atoms with Gasteiger partial charge in [-0.15, -0.1) is 0 Å². The topological polar surface area (TPSA) is 72.3 Å². The summed E-state index contributed by atoms with van der Waals surface area (Å²) < 4.78 is 0. The van der Waals surface area contributed by atoms with E-state index in [1.807, 2.05) is 6.92 Å². The zero-order valence-corrected chi connectivity index (χ0v) is 11.4. The van der Waals surface area contributed by atoms with Crippen molar-refractivity contribution in [1.29, 1.82) is 0 Å². The standard InChI is InChI=1S/C13H27N3O/c1-10-4-6-13(9-14,7-5-10)16(3)8-11(2)12(15)17/h10-11H,4-9,14H2,1-3H3,(H2,15,17). The first-order valence-corrected chi connectivity index (χ1v) is 6.62. The minimum Gasteiger partial charge on any atom is -0.369 e. The predicted octanol–water partition coefficient (Wildman–Crippen LogP) is 0.947. The summed E-state index contributed by atoms with van der Waals surface area (Å²) >= 11 is 0. The first-order valence-electron chi connectivity index (χ1n) is 6.62. The lowest BCUT2D eigenvalue weighted by molar-refractivity contribution is -0.122. The van der Waals surface area contributed by atoms with E-state index < -0.39 is 0 Å². The normalized spacial score (nSPS) is 31.5. The lowest BCUT2D eigenvalue weighted by atomic mass is 9.76. The number of rotatable bonds is 5. The van der Waals surface area contributed by atoms with Crippen LogP contribution in [0.5, 0.6) is 0 Å². The van der Waals surface area contributed by atoms with Crippen molar-refractivity contribution < 1.29 is 4.79 Å². The average Bonchev–Trinajstić information content (AvgIpc) is 2.30. The number of carbonyl (C=O) groups excluding carboxylic acids is 1. The molecule has 1 aliphatic rings. The molecule has 1 atom stereocenters. The maximum absolute atomic E-state index is 11.1. The van der Waals surface area contributed by atoms with E-state index in [0.717, 1.165) is 18.8 Å². The number of amides is 1. The molecule has 0 saturated heterocycles. The van der Waals surface area contributed by atoms with E-state index in [1.165, 1.54) is 12.8 Å². The van der Waals surface area contributed by atoms with Gasteiger partial charge < -0.3 is 11.5 Å². The molecule has 0 heterocycles. The summed E-state index contributed by atoms with van der Waals surface area (Å²) in [6.45, 7) is 5.56. The summed E-state index contributed by atoms with van der Waals surface area (Å²) in [5, 5.41) is 0. The number of carbonyl (C=O) groups is 1. The van der Waals surface area contributed by atoms with Gasteiger partial charge >= 0.3 is 0 Å². The second kappa shape index (κ2) is 5.83. The molecule has 1 rings (SSSR count). The lowest BCUT2D eigenvalue weighted by Crippen LogP contribution is -2.55. The summed E-state index contributed by atoms with van der Waals surface area (Å²) in [5.41, 5.74) is 11.4. The summed E-state index contributed by atoms with van der Waals surface area (Å²) in [4.78, 5) is 13.4. The zero-order chi connectivity index (χ0) is 13.1. The Bertz CT molecular complexity index is 259. The first-order chi connectivity index (χ1) is 7.91. The van der Waals surface area contributed by atoms with Crippen LogP contribution in [0.4, 0.5) is 0 Å². The van der Waals surface area contributed by atoms with E-state index >= 15 is 0 Å². The van der Waals surface area contributed by atoms with Crippen LogP contribution in [0.2, 0.25) is 0 Å². The van der Waals surface area contributed by atoms with Gasteiger partial charge in [0.15, 0.2) is 0 Å². The maximum Gasteiger partial charge on any atom is 0.221 e. The minimum absolute atomic E-state index is 0.0796. The van der Waals surface area contributed by atoms with E-state index in [1.54, 1.807) is 0 Å². The number of hydrogen-bond donors (Lipinski definition) is 2. The molecule has 4 nitrogen and oxygen atoms in total. The minimum atomic E-state index is -0.229. The van der Waals surface area contributed by atoms with Gasteiger partial charge in [0.2, 0.25) is 5.91 Å². The predicted molar refractivity (Wildman–Crippen MR) is 70.4 cm³/mol. The molecule has 1 aliphatic carbocycles. The number of hydrogen-bond acceptors (Lipinski definition) is 3.